The number of halogens is 2. The van der Waals surface area contributed by atoms with Gasteiger partial charge in [0.1, 0.15) is 17.4 Å². The summed E-state index contributed by atoms with van der Waals surface area (Å²) < 4.78 is 31.6. The van der Waals surface area contributed by atoms with E-state index in [-0.39, 0.29) is 6.04 Å². The van der Waals surface area contributed by atoms with Gasteiger partial charge in [-0.3, -0.25) is 0 Å². The molecule has 0 saturated heterocycles. The summed E-state index contributed by atoms with van der Waals surface area (Å²) >= 11 is 0. The largest absolute Gasteiger partial charge is 0.496 e. The molecule has 2 rings (SSSR count). The molecular formula is C16H17F2NO. The van der Waals surface area contributed by atoms with Crippen molar-refractivity contribution in [3.8, 4) is 5.75 Å². The molecule has 0 amide bonds. The van der Waals surface area contributed by atoms with Crippen LogP contribution in [0.2, 0.25) is 0 Å². The first-order valence-corrected chi connectivity index (χ1v) is 6.41. The van der Waals surface area contributed by atoms with E-state index >= 15 is 0 Å². The second kappa shape index (κ2) is 6.48. The molecule has 0 aliphatic carbocycles. The molecule has 1 unspecified atom stereocenters. The Morgan fingerprint density at radius 1 is 1.10 bits per heavy atom. The molecule has 0 heterocycles. The van der Waals surface area contributed by atoms with Gasteiger partial charge < -0.3 is 10.1 Å². The van der Waals surface area contributed by atoms with Gasteiger partial charge in [-0.1, -0.05) is 18.2 Å². The number of hydrogen-bond donors (Lipinski definition) is 1. The maximum atomic E-state index is 13.2. The molecule has 4 heteroatoms. The van der Waals surface area contributed by atoms with E-state index < -0.39 is 11.6 Å². The van der Waals surface area contributed by atoms with Crippen molar-refractivity contribution < 1.29 is 13.5 Å². The SMILES string of the molecule is COc1ccccc1CNC(C)c1cc(F)cc(F)c1. The van der Waals surface area contributed by atoms with Crippen molar-refractivity contribution in [1.29, 1.82) is 0 Å². The maximum absolute atomic E-state index is 13.2. The quantitative estimate of drug-likeness (QED) is 0.897. The van der Waals surface area contributed by atoms with Crippen LogP contribution in [0.3, 0.4) is 0 Å². The van der Waals surface area contributed by atoms with E-state index in [1.54, 1.807) is 7.11 Å². The van der Waals surface area contributed by atoms with Crippen molar-refractivity contribution in [2.45, 2.75) is 19.5 Å². The van der Waals surface area contributed by atoms with E-state index in [0.717, 1.165) is 17.4 Å². The van der Waals surface area contributed by atoms with E-state index in [4.69, 9.17) is 4.74 Å². The van der Waals surface area contributed by atoms with Crippen molar-refractivity contribution in [1.82, 2.24) is 5.32 Å². The number of ether oxygens (including phenoxy) is 1. The topological polar surface area (TPSA) is 21.3 Å². The van der Waals surface area contributed by atoms with Crippen LogP contribution >= 0.6 is 0 Å². The lowest BCUT2D eigenvalue weighted by molar-refractivity contribution is 0.406. The summed E-state index contributed by atoms with van der Waals surface area (Å²) in [5.74, 6) is -0.338. The summed E-state index contributed by atoms with van der Waals surface area (Å²) in [6, 6.07) is 11.0. The number of para-hydroxylation sites is 1. The van der Waals surface area contributed by atoms with Gasteiger partial charge >= 0.3 is 0 Å². The highest BCUT2D eigenvalue weighted by Gasteiger charge is 2.09. The molecule has 2 aromatic carbocycles. The van der Waals surface area contributed by atoms with Crippen molar-refractivity contribution in [3.05, 3.63) is 65.2 Å². The minimum absolute atomic E-state index is 0.162. The first-order valence-electron chi connectivity index (χ1n) is 6.41. The Labute approximate surface area is 117 Å². The Morgan fingerprint density at radius 3 is 2.40 bits per heavy atom. The Kier molecular flexibility index (Phi) is 4.69. The molecule has 1 atom stereocenters. The van der Waals surface area contributed by atoms with Gasteiger partial charge in [-0.15, -0.1) is 0 Å². The fraction of sp³-hybridized carbons (Fsp3) is 0.250. The lowest BCUT2D eigenvalue weighted by Gasteiger charge is -2.16. The predicted molar refractivity (Wildman–Crippen MR) is 74.6 cm³/mol. The fourth-order valence-electron chi connectivity index (χ4n) is 2.06. The van der Waals surface area contributed by atoms with E-state index in [2.05, 4.69) is 5.32 Å². The van der Waals surface area contributed by atoms with E-state index in [1.165, 1.54) is 12.1 Å². The van der Waals surface area contributed by atoms with Crippen molar-refractivity contribution >= 4 is 0 Å². The molecule has 1 N–H and O–H groups in total. The minimum Gasteiger partial charge on any atom is -0.496 e. The van der Waals surface area contributed by atoms with Gasteiger partial charge in [0.25, 0.3) is 0 Å². The molecule has 20 heavy (non-hydrogen) atoms. The van der Waals surface area contributed by atoms with Gasteiger partial charge in [-0.05, 0) is 30.7 Å². The summed E-state index contributed by atoms with van der Waals surface area (Å²) in [5.41, 5.74) is 1.58. The summed E-state index contributed by atoms with van der Waals surface area (Å²) in [6.45, 7) is 2.42. The highest BCUT2D eigenvalue weighted by Crippen LogP contribution is 2.20. The maximum Gasteiger partial charge on any atom is 0.126 e. The lowest BCUT2D eigenvalue weighted by atomic mass is 10.1. The minimum atomic E-state index is -0.564. The highest BCUT2D eigenvalue weighted by atomic mass is 19.1. The molecule has 2 nitrogen and oxygen atoms in total. The zero-order chi connectivity index (χ0) is 14.5. The first kappa shape index (κ1) is 14.5. The molecule has 2 aromatic rings. The van der Waals surface area contributed by atoms with E-state index in [9.17, 15) is 8.78 Å². The summed E-state index contributed by atoms with van der Waals surface area (Å²) in [6.07, 6.45) is 0. The van der Waals surface area contributed by atoms with E-state index in [1.807, 2.05) is 31.2 Å². The second-order valence-corrected chi connectivity index (χ2v) is 4.62. The van der Waals surface area contributed by atoms with Crippen molar-refractivity contribution in [2.75, 3.05) is 7.11 Å². The number of methoxy groups -OCH3 is 1. The van der Waals surface area contributed by atoms with Crippen LogP contribution in [0.1, 0.15) is 24.1 Å². The molecular weight excluding hydrogens is 260 g/mol. The molecule has 0 aromatic heterocycles. The molecule has 0 fully saturated rings. The Hall–Kier alpha value is -1.94. The molecule has 106 valence electrons. The normalized spacial score (nSPS) is 12.2. The van der Waals surface area contributed by atoms with Gasteiger partial charge in [0.2, 0.25) is 0 Å². The molecule has 0 aliphatic heterocycles. The van der Waals surface area contributed by atoms with Crippen LogP contribution in [-0.4, -0.2) is 7.11 Å². The van der Waals surface area contributed by atoms with Gasteiger partial charge in [0, 0.05) is 24.2 Å². The molecule has 0 saturated carbocycles. The summed E-state index contributed by atoms with van der Waals surface area (Å²) in [4.78, 5) is 0. The first-order chi connectivity index (χ1) is 9.60. The van der Waals surface area contributed by atoms with Crippen LogP contribution in [0.15, 0.2) is 42.5 Å². The molecule has 0 aliphatic rings. The van der Waals surface area contributed by atoms with Crippen LogP contribution in [0.25, 0.3) is 0 Å². The second-order valence-electron chi connectivity index (χ2n) is 4.62. The molecule has 0 spiro atoms. The number of rotatable bonds is 5. The van der Waals surface area contributed by atoms with E-state index in [0.29, 0.717) is 12.1 Å². The average Bonchev–Trinajstić information content (AvgIpc) is 2.44. The summed E-state index contributed by atoms with van der Waals surface area (Å²) in [5, 5.41) is 3.23. The van der Waals surface area contributed by atoms with Gasteiger partial charge in [-0.2, -0.15) is 0 Å². The standard InChI is InChI=1S/C16H17F2NO/c1-11(13-7-14(17)9-15(18)8-13)19-10-12-5-3-4-6-16(12)20-2/h3-9,11,19H,10H2,1-2H3. The van der Waals surface area contributed by atoms with Gasteiger partial charge in [-0.25, -0.2) is 8.78 Å². The Bertz CT molecular complexity index is 566. The monoisotopic (exact) mass is 277 g/mol. The van der Waals surface area contributed by atoms with Gasteiger partial charge in [0.15, 0.2) is 0 Å². The number of hydrogen-bond acceptors (Lipinski definition) is 2. The van der Waals surface area contributed by atoms with Gasteiger partial charge in [0.05, 0.1) is 7.11 Å². The van der Waals surface area contributed by atoms with Crippen LogP contribution in [0, 0.1) is 11.6 Å². The van der Waals surface area contributed by atoms with Crippen molar-refractivity contribution in [3.63, 3.8) is 0 Å². The molecule has 0 bridgehead atoms. The van der Waals surface area contributed by atoms with Crippen LogP contribution in [-0.2, 0) is 6.54 Å². The Morgan fingerprint density at radius 2 is 1.75 bits per heavy atom. The zero-order valence-corrected chi connectivity index (χ0v) is 11.5. The van der Waals surface area contributed by atoms with Crippen LogP contribution in [0.5, 0.6) is 5.75 Å². The third-order valence-electron chi connectivity index (χ3n) is 3.18. The third kappa shape index (κ3) is 3.54. The van der Waals surface area contributed by atoms with Crippen LogP contribution in [0.4, 0.5) is 8.78 Å². The summed E-state index contributed by atoms with van der Waals surface area (Å²) in [7, 11) is 1.62. The predicted octanol–water partition coefficient (Wildman–Crippen LogP) is 3.82. The fourth-order valence-corrected chi connectivity index (χ4v) is 2.06. The highest BCUT2D eigenvalue weighted by molar-refractivity contribution is 5.33. The van der Waals surface area contributed by atoms with Crippen molar-refractivity contribution in [2.24, 2.45) is 0 Å². The zero-order valence-electron chi connectivity index (χ0n) is 11.5. The Balaban J connectivity index is 2.06. The third-order valence-corrected chi connectivity index (χ3v) is 3.18. The number of nitrogens with one attached hydrogen (secondary N) is 1. The van der Waals surface area contributed by atoms with Crippen LogP contribution < -0.4 is 10.1 Å². The molecule has 0 radical (unpaired) electrons. The lowest BCUT2D eigenvalue weighted by Crippen LogP contribution is -2.18. The average molecular weight is 277 g/mol. The number of benzene rings is 2. The smallest absolute Gasteiger partial charge is 0.126 e.